The SMILES string of the molecule is CCn1cc(NC(=O)N2CCCCC2CC(=O)O)cn1. The van der Waals surface area contributed by atoms with Gasteiger partial charge in [-0.3, -0.25) is 9.48 Å². The third-order valence-electron chi connectivity index (χ3n) is 3.51. The van der Waals surface area contributed by atoms with Gasteiger partial charge in [0.05, 0.1) is 18.3 Å². The van der Waals surface area contributed by atoms with Crippen LogP contribution in [0.1, 0.15) is 32.6 Å². The van der Waals surface area contributed by atoms with Gasteiger partial charge in [-0.05, 0) is 26.2 Å². The van der Waals surface area contributed by atoms with Gasteiger partial charge in [0.2, 0.25) is 0 Å². The van der Waals surface area contributed by atoms with Gasteiger partial charge in [0.1, 0.15) is 0 Å². The van der Waals surface area contributed by atoms with Crippen molar-refractivity contribution in [2.45, 2.75) is 45.2 Å². The molecule has 0 saturated carbocycles. The summed E-state index contributed by atoms with van der Waals surface area (Å²) >= 11 is 0. The van der Waals surface area contributed by atoms with E-state index in [0.717, 1.165) is 25.8 Å². The third kappa shape index (κ3) is 3.49. The number of hydrogen-bond donors (Lipinski definition) is 2. The van der Waals surface area contributed by atoms with Crippen LogP contribution in [0.5, 0.6) is 0 Å². The molecule has 7 nitrogen and oxygen atoms in total. The Balaban J connectivity index is 1.99. The number of carbonyl (C=O) groups excluding carboxylic acids is 1. The predicted octanol–water partition coefficient (Wildman–Crippen LogP) is 1.76. The number of piperidine rings is 1. The Bertz CT molecular complexity index is 486. The molecule has 0 radical (unpaired) electrons. The van der Waals surface area contributed by atoms with E-state index < -0.39 is 5.97 Å². The van der Waals surface area contributed by atoms with Crippen LogP contribution in [0.15, 0.2) is 12.4 Å². The van der Waals surface area contributed by atoms with E-state index in [-0.39, 0.29) is 18.5 Å². The Kier molecular flexibility index (Phi) is 4.60. The summed E-state index contributed by atoms with van der Waals surface area (Å²) in [7, 11) is 0. The molecular weight excluding hydrogens is 260 g/mol. The fraction of sp³-hybridized carbons (Fsp3) is 0.615. The molecule has 7 heteroatoms. The number of aliphatic carboxylic acids is 1. The number of hydrogen-bond acceptors (Lipinski definition) is 3. The van der Waals surface area contributed by atoms with E-state index in [1.807, 2.05) is 6.92 Å². The summed E-state index contributed by atoms with van der Waals surface area (Å²) in [5.74, 6) is -0.867. The highest BCUT2D eigenvalue weighted by molar-refractivity contribution is 5.89. The van der Waals surface area contributed by atoms with E-state index in [1.54, 1.807) is 22.0 Å². The molecule has 1 aromatic rings. The lowest BCUT2D eigenvalue weighted by molar-refractivity contribution is -0.138. The van der Waals surface area contributed by atoms with Crippen LogP contribution in [-0.2, 0) is 11.3 Å². The Morgan fingerprint density at radius 3 is 2.95 bits per heavy atom. The Morgan fingerprint density at radius 1 is 1.50 bits per heavy atom. The Morgan fingerprint density at radius 2 is 2.30 bits per heavy atom. The molecule has 0 spiro atoms. The average Bonchev–Trinajstić information content (AvgIpc) is 2.86. The molecule has 1 aliphatic rings. The van der Waals surface area contributed by atoms with Crippen molar-refractivity contribution in [3.8, 4) is 0 Å². The van der Waals surface area contributed by atoms with E-state index in [0.29, 0.717) is 12.2 Å². The Hall–Kier alpha value is -2.05. The molecule has 2 N–H and O–H groups in total. The van der Waals surface area contributed by atoms with Gasteiger partial charge in [-0.1, -0.05) is 0 Å². The van der Waals surface area contributed by atoms with Gasteiger partial charge in [-0.2, -0.15) is 5.10 Å². The maximum atomic E-state index is 12.2. The van der Waals surface area contributed by atoms with Crippen LogP contribution in [0, 0.1) is 0 Å². The molecule has 2 amide bonds. The van der Waals surface area contributed by atoms with E-state index in [1.165, 1.54) is 0 Å². The van der Waals surface area contributed by atoms with Gasteiger partial charge in [0, 0.05) is 25.3 Å². The summed E-state index contributed by atoms with van der Waals surface area (Å²) in [4.78, 5) is 24.7. The monoisotopic (exact) mass is 280 g/mol. The molecule has 1 aliphatic heterocycles. The first-order valence-electron chi connectivity index (χ1n) is 6.92. The summed E-state index contributed by atoms with van der Waals surface area (Å²) in [6.45, 7) is 3.30. The molecule has 2 heterocycles. The standard InChI is InChI=1S/C13H20N4O3/c1-2-16-9-10(8-14-16)15-13(20)17-6-4-3-5-11(17)7-12(18)19/h8-9,11H,2-7H2,1H3,(H,15,20)(H,18,19). The number of rotatable bonds is 4. The van der Waals surface area contributed by atoms with Crippen molar-refractivity contribution in [2.75, 3.05) is 11.9 Å². The minimum absolute atomic E-state index is 0.00163. The molecule has 1 fully saturated rings. The molecule has 0 bridgehead atoms. The molecular formula is C13H20N4O3. The van der Waals surface area contributed by atoms with Crippen molar-refractivity contribution in [3.63, 3.8) is 0 Å². The fourth-order valence-electron chi connectivity index (χ4n) is 2.48. The van der Waals surface area contributed by atoms with Crippen LogP contribution in [0.2, 0.25) is 0 Å². The fourth-order valence-corrected chi connectivity index (χ4v) is 2.48. The highest BCUT2D eigenvalue weighted by Crippen LogP contribution is 2.21. The summed E-state index contributed by atoms with van der Waals surface area (Å²) in [5, 5.41) is 15.8. The lowest BCUT2D eigenvalue weighted by Gasteiger charge is -2.34. The maximum Gasteiger partial charge on any atom is 0.322 e. The number of urea groups is 1. The summed E-state index contributed by atoms with van der Waals surface area (Å²) in [6.07, 6.45) is 5.98. The molecule has 1 unspecified atom stereocenters. The summed E-state index contributed by atoms with van der Waals surface area (Å²) in [5.41, 5.74) is 0.636. The number of likely N-dealkylation sites (tertiary alicyclic amines) is 1. The van der Waals surface area contributed by atoms with E-state index in [4.69, 9.17) is 5.11 Å². The molecule has 0 aliphatic carbocycles. The quantitative estimate of drug-likeness (QED) is 0.879. The van der Waals surface area contributed by atoms with Crippen LogP contribution in [-0.4, -0.2) is 44.4 Å². The minimum Gasteiger partial charge on any atom is -0.481 e. The van der Waals surface area contributed by atoms with Gasteiger partial charge in [-0.25, -0.2) is 4.79 Å². The summed E-state index contributed by atoms with van der Waals surface area (Å²) in [6, 6.07) is -0.464. The number of anilines is 1. The topological polar surface area (TPSA) is 87.5 Å². The van der Waals surface area contributed by atoms with Crippen LogP contribution in [0.3, 0.4) is 0 Å². The van der Waals surface area contributed by atoms with Crippen molar-refractivity contribution in [3.05, 3.63) is 12.4 Å². The van der Waals surface area contributed by atoms with Crippen molar-refractivity contribution in [1.82, 2.24) is 14.7 Å². The van der Waals surface area contributed by atoms with Gasteiger partial charge in [0.15, 0.2) is 0 Å². The van der Waals surface area contributed by atoms with Crippen LogP contribution in [0.4, 0.5) is 10.5 Å². The van der Waals surface area contributed by atoms with Gasteiger partial charge in [-0.15, -0.1) is 0 Å². The Labute approximate surface area is 117 Å². The second-order valence-corrected chi connectivity index (χ2v) is 4.96. The zero-order valence-electron chi connectivity index (χ0n) is 11.6. The molecule has 0 aromatic carbocycles. The van der Waals surface area contributed by atoms with Crippen molar-refractivity contribution < 1.29 is 14.7 Å². The highest BCUT2D eigenvalue weighted by Gasteiger charge is 2.28. The van der Waals surface area contributed by atoms with E-state index in [2.05, 4.69) is 10.4 Å². The van der Waals surface area contributed by atoms with Crippen LogP contribution < -0.4 is 5.32 Å². The number of nitrogens with one attached hydrogen (secondary N) is 1. The number of carboxylic acid groups (broad SMARTS) is 1. The van der Waals surface area contributed by atoms with E-state index >= 15 is 0 Å². The van der Waals surface area contributed by atoms with Crippen molar-refractivity contribution >= 4 is 17.7 Å². The van der Waals surface area contributed by atoms with Gasteiger partial charge in [0.25, 0.3) is 0 Å². The minimum atomic E-state index is -0.867. The van der Waals surface area contributed by atoms with E-state index in [9.17, 15) is 9.59 Å². The normalized spacial score (nSPS) is 18.9. The maximum absolute atomic E-state index is 12.2. The second-order valence-electron chi connectivity index (χ2n) is 4.96. The number of carboxylic acids is 1. The average molecular weight is 280 g/mol. The molecule has 2 rings (SSSR count). The molecule has 110 valence electrons. The van der Waals surface area contributed by atoms with Gasteiger partial charge >= 0.3 is 12.0 Å². The lowest BCUT2D eigenvalue weighted by Crippen LogP contribution is -2.46. The first-order chi connectivity index (χ1) is 9.60. The molecule has 1 atom stereocenters. The predicted molar refractivity (Wildman–Crippen MR) is 73.5 cm³/mol. The van der Waals surface area contributed by atoms with Crippen LogP contribution in [0.25, 0.3) is 0 Å². The zero-order chi connectivity index (χ0) is 14.5. The number of nitrogens with zero attached hydrogens (tertiary/aromatic N) is 3. The number of aromatic nitrogens is 2. The second kappa shape index (κ2) is 6.40. The number of carbonyl (C=O) groups is 2. The summed E-state index contributed by atoms with van der Waals surface area (Å²) < 4.78 is 1.72. The van der Waals surface area contributed by atoms with Crippen LogP contribution >= 0.6 is 0 Å². The first kappa shape index (κ1) is 14.4. The largest absolute Gasteiger partial charge is 0.481 e. The zero-order valence-corrected chi connectivity index (χ0v) is 11.6. The van der Waals surface area contributed by atoms with Crippen molar-refractivity contribution in [1.29, 1.82) is 0 Å². The molecule has 1 saturated heterocycles. The first-order valence-corrected chi connectivity index (χ1v) is 6.92. The highest BCUT2D eigenvalue weighted by atomic mass is 16.4. The van der Waals surface area contributed by atoms with Gasteiger partial charge < -0.3 is 15.3 Å². The number of aryl methyl sites for hydroxylation is 1. The van der Waals surface area contributed by atoms with Crippen molar-refractivity contribution in [2.24, 2.45) is 0 Å². The molecule has 20 heavy (non-hydrogen) atoms. The molecule has 1 aromatic heterocycles. The lowest BCUT2D eigenvalue weighted by atomic mass is 10.00. The number of amides is 2. The third-order valence-corrected chi connectivity index (χ3v) is 3.51. The smallest absolute Gasteiger partial charge is 0.322 e.